The lowest BCUT2D eigenvalue weighted by molar-refractivity contribution is -0.139. The Labute approximate surface area is 92.2 Å². The summed E-state index contributed by atoms with van der Waals surface area (Å²) in [6, 6.07) is 4.20. The number of hydrogen-bond donors (Lipinski definition) is 0. The molecule has 88 valence electrons. The standard InChI is InChI=1S/C12H13F3O/c1-2-8-4-3-5-10(12(13,14)15)11(8)16-9-6-7-9/h3-5,9H,2,6-7H2,1H3. The minimum atomic E-state index is -4.34. The van der Waals surface area contributed by atoms with Crippen LogP contribution in [-0.4, -0.2) is 6.10 Å². The Kier molecular flexibility index (Phi) is 2.82. The lowest BCUT2D eigenvalue weighted by atomic mass is 10.1. The van der Waals surface area contributed by atoms with Crippen LogP contribution in [0.5, 0.6) is 5.75 Å². The van der Waals surface area contributed by atoms with Gasteiger partial charge in [0.1, 0.15) is 5.75 Å². The number of halogens is 3. The van der Waals surface area contributed by atoms with Gasteiger partial charge in [0.2, 0.25) is 0 Å². The SMILES string of the molecule is CCc1cccc(C(F)(F)F)c1OC1CC1. The molecular weight excluding hydrogens is 217 g/mol. The monoisotopic (exact) mass is 230 g/mol. The van der Waals surface area contributed by atoms with Crippen LogP contribution in [-0.2, 0) is 12.6 Å². The fraction of sp³-hybridized carbons (Fsp3) is 0.500. The molecule has 0 unspecified atom stereocenters. The van der Waals surface area contributed by atoms with Gasteiger partial charge in [0.05, 0.1) is 11.7 Å². The first-order chi connectivity index (χ1) is 7.52. The van der Waals surface area contributed by atoms with Crippen molar-refractivity contribution in [1.29, 1.82) is 0 Å². The van der Waals surface area contributed by atoms with Crippen molar-refractivity contribution in [3.05, 3.63) is 29.3 Å². The first kappa shape index (κ1) is 11.3. The second kappa shape index (κ2) is 4.00. The molecule has 1 aromatic carbocycles. The number of alkyl halides is 3. The quantitative estimate of drug-likeness (QED) is 0.767. The predicted molar refractivity (Wildman–Crippen MR) is 54.5 cm³/mol. The Morgan fingerprint density at radius 2 is 2.00 bits per heavy atom. The molecule has 0 N–H and O–H groups in total. The molecule has 1 fully saturated rings. The number of aryl methyl sites for hydroxylation is 1. The van der Waals surface area contributed by atoms with E-state index < -0.39 is 11.7 Å². The van der Waals surface area contributed by atoms with E-state index in [1.807, 2.05) is 6.92 Å². The van der Waals surface area contributed by atoms with Crippen molar-refractivity contribution in [2.45, 2.75) is 38.5 Å². The first-order valence-corrected chi connectivity index (χ1v) is 5.38. The minimum absolute atomic E-state index is 0.0196. The molecule has 2 rings (SSSR count). The minimum Gasteiger partial charge on any atom is -0.490 e. The molecule has 0 heterocycles. The predicted octanol–water partition coefficient (Wildman–Crippen LogP) is 3.81. The number of ether oxygens (including phenoxy) is 1. The van der Waals surface area contributed by atoms with Crippen molar-refractivity contribution in [3.8, 4) is 5.75 Å². The summed E-state index contributed by atoms with van der Waals surface area (Å²) >= 11 is 0. The van der Waals surface area contributed by atoms with Crippen LogP contribution in [0.1, 0.15) is 30.9 Å². The fourth-order valence-electron chi connectivity index (χ4n) is 1.58. The van der Waals surface area contributed by atoms with Gasteiger partial charge in [-0.15, -0.1) is 0 Å². The molecule has 0 amide bonds. The molecule has 1 aliphatic rings. The molecule has 0 atom stereocenters. The highest BCUT2D eigenvalue weighted by Gasteiger charge is 2.37. The van der Waals surface area contributed by atoms with Crippen LogP contribution in [0.4, 0.5) is 13.2 Å². The third kappa shape index (κ3) is 2.31. The van der Waals surface area contributed by atoms with Gasteiger partial charge in [0, 0.05) is 0 Å². The Hall–Kier alpha value is -1.19. The zero-order chi connectivity index (χ0) is 11.8. The molecular formula is C12H13F3O. The Morgan fingerprint density at radius 3 is 2.50 bits per heavy atom. The maximum absolute atomic E-state index is 12.8. The molecule has 0 aromatic heterocycles. The molecule has 4 heteroatoms. The zero-order valence-corrected chi connectivity index (χ0v) is 8.97. The van der Waals surface area contributed by atoms with Crippen molar-refractivity contribution in [2.75, 3.05) is 0 Å². The molecule has 16 heavy (non-hydrogen) atoms. The normalized spacial score (nSPS) is 16.2. The van der Waals surface area contributed by atoms with Crippen LogP contribution < -0.4 is 4.74 Å². The van der Waals surface area contributed by atoms with E-state index in [4.69, 9.17) is 4.74 Å². The van der Waals surface area contributed by atoms with Gasteiger partial charge in [0.15, 0.2) is 0 Å². The second-order valence-electron chi connectivity index (χ2n) is 3.96. The van der Waals surface area contributed by atoms with Gasteiger partial charge in [-0.3, -0.25) is 0 Å². The van der Waals surface area contributed by atoms with E-state index >= 15 is 0 Å². The molecule has 0 bridgehead atoms. The molecule has 0 saturated heterocycles. The van der Waals surface area contributed by atoms with Crippen LogP contribution >= 0.6 is 0 Å². The molecule has 1 saturated carbocycles. The van der Waals surface area contributed by atoms with Crippen molar-refractivity contribution < 1.29 is 17.9 Å². The van der Waals surface area contributed by atoms with Gasteiger partial charge in [0.25, 0.3) is 0 Å². The third-order valence-corrected chi connectivity index (χ3v) is 2.59. The van der Waals surface area contributed by atoms with Crippen molar-refractivity contribution in [3.63, 3.8) is 0 Å². The number of benzene rings is 1. The van der Waals surface area contributed by atoms with Crippen LogP contribution in [0.2, 0.25) is 0 Å². The molecule has 1 nitrogen and oxygen atoms in total. The summed E-state index contributed by atoms with van der Waals surface area (Å²) in [7, 11) is 0. The highest BCUT2D eigenvalue weighted by molar-refractivity contribution is 5.43. The maximum Gasteiger partial charge on any atom is 0.419 e. The summed E-state index contributed by atoms with van der Waals surface area (Å²) in [6.45, 7) is 1.83. The Balaban J connectivity index is 2.41. The smallest absolute Gasteiger partial charge is 0.419 e. The van der Waals surface area contributed by atoms with E-state index in [0.717, 1.165) is 18.9 Å². The van der Waals surface area contributed by atoms with E-state index in [1.54, 1.807) is 6.07 Å². The fourth-order valence-corrected chi connectivity index (χ4v) is 1.58. The van der Waals surface area contributed by atoms with Gasteiger partial charge in [-0.05, 0) is 30.9 Å². The molecule has 0 spiro atoms. The van der Waals surface area contributed by atoms with Crippen molar-refractivity contribution >= 4 is 0 Å². The summed E-state index contributed by atoms with van der Waals surface area (Å²) < 4.78 is 43.7. The molecule has 1 aromatic rings. The van der Waals surface area contributed by atoms with E-state index in [2.05, 4.69) is 0 Å². The Morgan fingerprint density at radius 1 is 1.31 bits per heavy atom. The highest BCUT2D eigenvalue weighted by Crippen LogP contribution is 2.40. The number of rotatable bonds is 3. The van der Waals surface area contributed by atoms with E-state index in [9.17, 15) is 13.2 Å². The maximum atomic E-state index is 12.8. The molecule has 1 aliphatic carbocycles. The Bertz CT molecular complexity index is 380. The van der Waals surface area contributed by atoms with Gasteiger partial charge >= 0.3 is 6.18 Å². The van der Waals surface area contributed by atoms with Gasteiger partial charge in [-0.2, -0.15) is 13.2 Å². The summed E-state index contributed by atoms with van der Waals surface area (Å²) in [5.41, 5.74) is -0.0273. The summed E-state index contributed by atoms with van der Waals surface area (Å²) in [5, 5.41) is 0. The van der Waals surface area contributed by atoms with Crippen LogP contribution in [0.15, 0.2) is 18.2 Å². The topological polar surface area (TPSA) is 9.23 Å². The third-order valence-electron chi connectivity index (χ3n) is 2.59. The van der Waals surface area contributed by atoms with E-state index in [1.165, 1.54) is 6.07 Å². The van der Waals surface area contributed by atoms with Crippen LogP contribution in [0.25, 0.3) is 0 Å². The van der Waals surface area contributed by atoms with E-state index in [0.29, 0.717) is 12.0 Å². The van der Waals surface area contributed by atoms with Crippen LogP contribution in [0, 0.1) is 0 Å². The van der Waals surface area contributed by atoms with Gasteiger partial charge in [-0.25, -0.2) is 0 Å². The summed E-state index contributed by atoms with van der Waals surface area (Å²) in [5.74, 6) is 0.0278. The van der Waals surface area contributed by atoms with E-state index in [-0.39, 0.29) is 11.9 Å². The lowest BCUT2D eigenvalue weighted by Crippen LogP contribution is -2.11. The average molecular weight is 230 g/mol. The van der Waals surface area contributed by atoms with Gasteiger partial charge in [-0.1, -0.05) is 19.1 Å². The van der Waals surface area contributed by atoms with Gasteiger partial charge < -0.3 is 4.74 Å². The van der Waals surface area contributed by atoms with Crippen molar-refractivity contribution in [2.24, 2.45) is 0 Å². The summed E-state index contributed by atoms with van der Waals surface area (Å²) in [4.78, 5) is 0. The number of para-hydroxylation sites is 1. The largest absolute Gasteiger partial charge is 0.490 e. The number of hydrogen-bond acceptors (Lipinski definition) is 1. The zero-order valence-electron chi connectivity index (χ0n) is 8.97. The second-order valence-corrected chi connectivity index (χ2v) is 3.96. The average Bonchev–Trinajstić information content (AvgIpc) is 3.00. The molecule has 0 aliphatic heterocycles. The summed E-state index contributed by atoms with van der Waals surface area (Å²) in [6.07, 6.45) is -2.10. The molecule has 0 radical (unpaired) electrons. The highest BCUT2D eigenvalue weighted by atomic mass is 19.4. The van der Waals surface area contributed by atoms with Crippen molar-refractivity contribution in [1.82, 2.24) is 0 Å². The van der Waals surface area contributed by atoms with Crippen LogP contribution in [0.3, 0.4) is 0 Å². The first-order valence-electron chi connectivity index (χ1n) is 5.38. The lowest BCUT2D eigenvalue weighted by Gasteiger charge is -2.16.